The van der Waals surface area contributed by atoms with Crippen LogP contribution in [0.25, 0.3) is 0 Å². The highest BCUT2D eigenvalue weighted by Gasteiger charge is 2.55. The molecule has 2 saturated heterocycles. The molecule has 2 aromatic carbocycles. The highest BCUT2D eigenvalue weighted by Crippen LogP contribution is 2.57. The average Bonchev–Trinajstić information content (AvgIpc) is 3.21. The molecule has 0 spiro atoms. The number of ether oxygens (including phenoxy) is 1. The lowest BCUT2D eigenvalue weighted by atomic mass is 9.55. The van der Waals surface area contributed by atoms with Crippen LogP contribution in [0.1, 0.15) is 63.0 Å². The largest absolute Gasteiger partial charge is 0.462 e. The summed E-state index contributed by atoms with van der Waals surface area (Å²) in [5, 5.41) is 12.2. The zero-order chi connectivity index (χ0) is 25.6. The van der Waals surface area contributed by atoms with Crippen molar-refractivity contribution in [3.63, 3.8) is 0 Å². The minimum atomic E-state index is -1.01. The zero-order valence-corrected chi connectivity index (χ0v) is 22.1. The number of rotatable bonds is 5. The fourth-order valence-electron chi connectivity index (χ4n) is 8.30. The molecule has 2 saturated carbocycles. The summed E-state index contributed by atoms with van der Waals surface area (Å²) in [6, 6.07) is 20.2. The maximum absolute atomic E-state index is 13.1. The average molecular weight is 500 g/mol. The number of hydrogen-bond donors (Lipinski definition) is 1. The van der Waals surface area contributed by atoms with Crippen molar-refractivity contribution in [2.24, 2.45) is 29.1 Å². The van der Waals surface area contributed by atoms with Gasteiger partial charge in [0, 0.05) is 12.5 Å². The molecule has 0 aromatic heterocycles. The van der Waals surface area contributed by atoms with Crippen LogP contribution in [0, 0.1) is 29.1 Å². The second-order valence-corrected chi connectivity index (χ2v) is 12.5. The third-order valence-corrected chi connectivity index (χ3v) is 10.4. The van der Waals surface area contributed by atoms with Gasteiger partial charge in [0.2, 0.25) is 0 Å². The number of carbonyl (C=O) groups is 1. The molecule has 0 bridgehead atoms. The number of carbonyl (C=O) groups excluding carboxylic acids is 1. The maximum atomic E-state index is 13.1. The summed E-state index contributed by atoms with van der Waals surface area (Å²) in [5.74, 6) is 0.927. The van der Waals surface area contributed by atoms with E-state index < -0.39 is 5.60 Å². The van der Waals surface area contributed by atoms with E-state index in [4.69, 9.17) is 4.74 Å². The minimum Gasteiger partial charge on any atom is -0.462 e. The SMILES string of the molecule is C=C1CCC[C@]2(C)C[C@H]3OC(=O)C(CN4CCC(C(O)(c5ccccc5)c5ccccc5)CC4)[C@H]3C[C@@H]12. The van der Waals surface area contributed by atoms with E-state index in [1.807, 2.05) is 60.7 Å². The lowest BCUT2D eigenvalue weighted by Gasteiger charge is -2.50. The molecule has 1 N–H and O–H groups in total. The first-order valence-corrected chi connectivity index (χ1v) is 14.3. The molecule has 2 heterocycles. The molecule has 6 rings (SSSR count). The Labute approximate surface area is 221 Å². The monoisotopic (exact) mass is 499 g/mol. The van der Waals surface area contributed by atoms with Crippen LogP contribution >= 0.6 is 0 Å². The third kappa shape index (κ3) is 4.36. The van der Waals surface area contributed by atoms with Crippen LogP contribution in [0.15, 0.2) is 72.8 Å². The fraction of sp³-hybridized carbons (Fsp3) is 0.545. The number of aliphatic hydroxyl groups is 1. The van der Waals surface area contributed by atoms with Gasteiger partial charge in [-0.3, -0.25) is 4.79 Å². The topological polar surface area (TPSA) is 49.8 Å². The Morgan fingerprint density at radius 2 is 1.68 bits per heavy atom. The minimum absolute atomic E-state index is 0.00931. The van der Waals surface area contributed by atoms with Crippen molar-refractivity contribution in [2.75, 3.05) is 19.6 Å². The summed E-state index contributed by atoms with van der Waals surface area (Å²) >= 11 is 0. The number of benzene rings is 2. The van der Waals surface area contributed by atoms with Crippen LogP contribution < -0.4 is 0 Å². The van der Waals surface area contributed by atoms with Crippen LogP contribution in [0.3, 0.4) is 0 Å². The predicted octanol–water partition coefficient (Wildman–Crippen LogP) is 5.95. The molecule has 0 radical (unpaired) electrons. The molecule has 196 valence electrons. The number of fused-ring (bicyclic) bond motifs is 2. The lowest BCUT2D eigenvalue weighted by Crippen LogP contribution is -2.48. The summed E-state index contributed by atoms with van der Waals surface area (Å²) in [7, 11) is 0. The number of esters is 1. The zero-order valence-electron chi connectivity index (χ0n) is 22.1. The van der Waals surface area contributed by atoms with Crippen molar-refractivity contribution < 1.29 is 14.6 Å². The van der Waals surface area contributed by atoms with Gasteiger partial charge in [0.15, 0.2) is 0 Å². The predicted molar refractivity (Wildman–Crippen MR) is 146 cm³/mol. The summed E-state index contributed by atoms with van der Waals surface area (Å²) in [6.45, 7) is 9.39. The van der Waals surface area contributed by atoms with Gasteiger partial charge in [-0.05, 0) is 86.4 Å². The van der Waals surface area contributed by atoms with Crippen LogP contribution in [-0.2, 0) is 15.1 Å². The molecule has 4 fully saturated rings. The van der Waals surface area contributed by atoms with E-state index in [-0.39, 0.29) is 29.3 Å². The van der Waals surface area contributed by atoms with E-state index in [1.165, 1.54) is 18.4 Å². The number of piperidine rings is 1. The first-order chi connectivity index (χ1) is 17.9. The van der Waals surface area contributed by atoms with Gasteiger partial charge in [-0.1, -0.05) is 79.7 Å². The van der Waals surface area contributed by atoms with E-state index in [0.29, 0.717) is 11.8 Å². The normalized spacial score (nSPS) is 33.0. The van der Waals surface area contributed by atoms with Crippen molar-refractivity contribution in [3.05, 3.63) is 83.9 Å². The van der Waals surface area contributed by atoms with E-state index in [2.05, 4.69) is 18.4 Å². The molecule has 5 atom stereocenters. The second-order valence-electron chi connectivity index (χ2n) is 12.5. The Bertz CT molecular complexity index is 1080. The van der Waals surface area contributed by atoms with Crippen molar-refractivity contribution >= 4 is 5.97 Å². The first-order valence-electron chi connectivity index (χ1n) is 14.3. The molecular formula is C33H41NO3. The number of nitrogens with zero attached hydrogens (tertiary/aromatic N) is 1. The molecule has 37 heavy (non-hydrogen) atoms. The van der Waals surface area contributed by atoms with Crippen molar-refractivity contribution in [1.82, 2.24) is 4.90 Å². The molecule has 2 aliphatic heterocycles. The van der Waals surface area contributed by atoms with Gasteiger partial charge < -0.3 is 14.7 Å². The third-order valence-electron chi connectivity index (χ3n) is 10.4. The van der Waals surface area contributed by atoms with Crippen molar-refractivity contribution in [2.45, 2.75) is 63.6 Å². The van der Waals surface area contributed by atoms with Gasteiger partial charge in [0.05, 0.1) is 5.92 Å². The number of hydrogen-bond acceptors (Lipinski definition) is 4. The van der Waals surface area contributed by atoms with Gasteiger partial charge in [0.1, 0.15) is 11.7 Å². The van der Waals surface area contributed by atoms with Gasteiger partial charge in [0.25, 0.3) is 0 Å². The Kier molecular flexibility index (Phi) is 6.53. The van der Waals surface area contributed by atoms with E-state index in [9.17, 15) is 9.90 Å². The van der Waals surface area contributed by atoms with Crippen molar-refractivity contribution in [3.8, 4) is 0 Å². The quantitative estimate of drug-likeness (QED) is 0.408. The molecule has 1 unspecified atom stereocenters. The Morgan fingerprint density at radius 1 is 1.05 bits per heavy atom. The van der Waals surface area contributed by atoms with Gasteiger partial charge in [-0.15, -0.1) is 0 Å². The number of likely N-dealkylation sites (tertiary alicyclic amines) is 1. The van der Waals surface area contributed by atoms with E-state index in [1.54, 1.807) is 0 Å². The molecule has 4 nitrogen and oxygen atoms in total. The Balaban J connectivity index is 1.15. The molecule has 4 aliphatic rings. The Hall–Kier alpha value is -2.43. The summed E-state index contributed by atoms with van der Waals surface area (Å²) < 4.78 is 6.02. The summed E-state index contributed by atoms with van der Waals surface area (Å²) in [6.07, 6.45) is 7.48. The second kappa shape index (κ2) is 9.71. The van der Waals surface area contributed by atoms with Crippen LogP contribution in [0.4, 0.5) is 0 Å². The molecule has 2 aromatic rings. The van der Waals surface area contributed by atoms with E-state index in [0.717, 1.165) is 62.9 Å². The Morgan fingerprint density at radius 3 is 2.30 bits per heavy atom. The first kappa shape index (κ1) is 24.9. The molecule has 0 amide bonds. The van der Waals surface area contributed by atoms with Gasteiger partial charge >= 0.3 is 5.97 Å². The molecule has 2 aliphatic carbocycles. The lowest BCUT2D eigenvalue weighted by molar-refractivity contribution is -0.146. The van der Waals surface area contributed by atoms with Crippen molar-refractivity contribution in [1.29, 1.82) is 0 Å². The molecular weight excluding hydrogens is 458 g/mol. The van der Waals surface area contributed by atoms with Gasteiger partial charge in [-0.25, -0.2) is 0 Å². The van der Waals surface area contributed by atoms with E-state index >= 15 is 0 Å². The smallest absolute Gasteiger partial charge is 0.310 e. The number of allylic oxidation sites excluding steroid dienone is 1. The highest BCUT2D eigenvalue weighted by atomic mass is 16.6. The fourth-order valence-corrected chi connectivity index (χ4v) is 8.30. The van der Waals surface area contributed by atoms with Gasteiger partial charge in [-0.2, -0.15) is 0 Å². The highest BCUT2D eigenvalue weighted by molar-refractivity contribution is 5.75. The standard InChI is InChI=1S/C33H41NO3/c1-23-10-9-17-32(2)21-30-27(20-29(23)32)28(31(35)37-30)22-34-18-15-26(16-19-34)33(36,24-11-5-3-6-12-24)25-13-7-4-8-14-25/h3-8,11-14,26-30,36H,1,9-10,15-22H2,2H3/t27-,28?,29+,30-,32-/m1/s1. The summed E-state index contributed by atoms with van der Waals surface area (Å²) in [4.78, 5) is 15.5. The summed E-state index contributed by atoms with van der Waals surface area (Å²) in [5.41, 5.74) is 2.54. The van der Waals surface area contributed by atoms with Crippen LogP contribution in [-0.4, -0.2) is 41.7 Å². The molecule has 4 heteroatoms. The maximum Gasteiger partial charge on any atom is 0.310 e. The van der Waals surface area contributed by atoms with Crippen LogP contribution in [0.5, 0.6) is 0 Å². The van der Waals surface area contributed by atoms with Crippen LogP contribution in [0.2, 0.25) is 0 Å².